The van der Waals surface area contributed by atoms with E-state index in [1.54, 1.807) is 18.5 Å². The Morgan fingerprint density at radius 3 is 2.60 bits per heavy atom. The first-order chi connectivity index (χ1) is 4.83. The second-order valence-electron chi connectivity index (χ2n) is 1.85. The highest BCUT2D eigenvalue weighted by atomic mass is 35.5. The van der Waals surface area contributed by atoms with Crippen molar-refractivity contribution >= 4 is 11.6 Å². The maximum atomic E-state index is 5.46. The average molecular weight is 155 g/mol. The molecule has 0 unspecified atom stereocenters. The molecular formula is C7H7ClN2. The van der Waals surface area contributed by atoms with Gasteiger partial charge in [-0.2, -0.15) is 0 Å². The molecule has 10 heavy (non-hydrogen) atoms. The highest BCUT2D eigenvalue weighted by molar-refractivity contribution is 6.28. The number of hydrogen-bond donors (Lipinski definition) is 0. The zero-order chi connectivity index (χ0) is 7.40. The summed E-state index contributed by atoms with van der Waals surface area (Å²) in [7, 11) is 0. The van der Waals surface area contributed by atoms with E-state index in [4.69, 9.17) is 11.6 Å². The van der Waals surface area contributed by atoms with Crippen molar-refractivity contribution in [2.45, 2.75) is 6.42 Å². The molecule has 1 aromatic heterocycles. The van der Waals surface area contributed by atoms with Crippen LogP contribution in [0.5, 0.6) is 0 Å². The number of nitrogens with zero attached hydrogens (tertiary/aromatic N) is 2. The normalized spacial score (nSPS) is 9.30. The Hall–Kier alpha value is -0.890. The Kier molecular flexibility index (Phi) is 2.40. The van der Waals surface area contributed by atoms with Gasteiger partial charge in [-0.1, -0.05) is 6.08 Å². The molecule has 0 aliphatic carbocycles. The molecule has 0 radical (unpaired) electrons. The van der Waals surface area contributed by atoms with Gasteiger partial charge in [0.25, 0.3) is 0 Å². The molecule has 52 valence electrons. The van der Waals surface area contributed by atoms with Gasteiger partial charge in [-0.25, -0.2) is 9.97 Å². The van der Waals surface area contributed by atoms with E-state index in [9.17, 15) is 0 Å². The minimum absolute atomic E-state index is 0.285. The molecule has 1 rings (SSSR count). The van der Waals surface area contributed by atoms with Crippen LogP contribution in [0, 0.1) is 0 Å². The Balaban J connectivity index is 2.78. The van der Waals surface area contributed by atoms with Crippen LogP contribution in [0.4, 0.5) is 0 Å². The third kappa shape index (κ3) is 1.81. The van der Waals surface area contributed by atoms with Crippen molar-refractivity contribution in [3.63, 3.8) is 0 Å². The van der Waals surface area contributed by atoms with Crippen LogP contribution in [-0.4, -0.2) is 9.97 Å². The van der Waals surface area contributed by atoms with Crippen molar-refractivity contribution in [1.82, 2.24) is 9.97 Å². The van der Waals surface area contributed by atoms with Crippen LogP contribution in [0.3, 0.4) is 0 Å². The largest absolute Gasteiger partial charge is 0.226 e. The van der Waals surface area contributed by atoms with Gasteiger partial charge in [0.1, 0.15) is 0 Å². The summed E-state index contributed by atoms with van der Waals surface area (Å²) in [6, 6.07) is 0. The topological polar surface area (TPSA) is 25.8 Å². The molecule has 0 amide bonds. The fraction of sp³-hybridized carbons (Fsp3) is 0.143. The number of halogens is 1. The molecule has 0 aliphatic heterocycles. The van der Waals surface area contributed by atoms with E-state index < -0.39 is 0 Å². The lowest BCUT2D eigenvalue weighted by atomic mass is 10.2. The Morgan fingerprint density at radius 1 is 1.50 bits per heavy atom. The van der Waals surface area contributed by atoms with Gasteiger partial charge >= 0.3 is 0 Å². The van der Waals surface area contributed by atoms with E-state index in [1.807, 2.05) is 0 Å². The van der Waals surface area contributed by atoms with Crippen LogP contribution in [-0.2, 0) is 6.42 Å². The van der Waals surface area contributed by atoms with Crippen molar-refractivity contribution in [1.29, 1.82) is 0 Å². The summed E-state index contributed by atoms with van der Waals surface area (Å²) in [5, 5.41) is 0.285. The summed E-state index contributed by atoms with van der Waals surface area (Å²) >= 11 is 5.46. The molecule has 0 saturated heterocycles. The second-order valence-corrected chi connectivity index (χ2v) is 2.19. The van der Waals surface area contributed by atoms with E-state index in [-0.39, 0.29) is 5.28 Å². The quantitative estimate of drug-likeness (QED) is 0.480. The number of allylic oxidation sites excluding steroid dienone is 1. The first-order valence-electron chi connectivity index (χ1n) is 2.90. The fourth-order valence-corrected chi connectivity index (χ4v) is 0.709. The molecule has 0 aliphatic rings. The highest BCUT2D eigenvalue weighted by Gasteiger charge is 1.90. The number of hydrogen-bond acceptors (Lipinski definition) is 2. The van der Waals surface area contributed by atoms with Gasteiger partial charge in [-0.15, -0.1) is 6.58 Å². The van der Waals surface area contributed by atoms with Gasteiger partial charge in [-0.05, 0) is 23.6 Å². The van der Waals surface area contributed by atoms with E-state index in [1.165, 1.54) is 0 Å². The van der Waals surface area contributed by atoms with Gasteiger partial charge < -0.3 is 0 Å². The number of rotatable bonds is 2. The third-order valence-electron chi connectivity index (χ3n) is 1.05. The molecule has 0 saturated carbocycles. The molecule has 0 fully saturated rings. The summed E-state index contributed by atoms with van der Waals surface area (Å²) in [6.07, 6.45) is 5.97. The molecule has 1 heterocycles. The summed E-state index contributed by atoms with van der Waals surface area (Å²) in [5.41, 5.74) is 1.03. The molecule has 0 spiro atoms. The zero-order valence-corrected chi connectivity index (χ0v) is 6.17. The zero-order valence-electron chi connectivity index (χ0n) is 5.42. The van der Waals surface area contributed by atoms with Gasteiger partial charge in [0, 0.05) is 12.4 Å². The molecule has 3 heteroatoms. The van der Waals surface area contributed by atoms with E-state index in [2.05, 4.69) is 16.5 Å². The van der Waals surface area contributed by atoms with Gasteiger partial charge in [0.15, 0.2) is 0 Å². The average Bonchev–Trinajstić information content (AvgIpc) is 1.95. The van der Waals surface area contributed by atoms with Crippen LogP contribution >= 0.6 is 11.6 Å². The van der Waals surface area contributed by atoms with Crippen LogP contribution in [0.2, 0.25) is 5.28 Å². The molecule has 2 nitrogen and oxygen atoms in total. The molecule has 0 aromatic carbocycles. The monoisotopic (exact) mass is 154 g/mol. The van der Waals surface area contributed by atoms with Crippen molar-refractivity contribution < 1.29 is 0 Å². The Labute approximate surface area is 64.6 Å². The molecule has 0 N–H and O–H groups in total. The van der Waals surface area contributed by atoms with Crippen molar-refractivity contribution in [2.75, 3.05) is 0 Å². The van der Waals surface area contributed by atoms with Crippen molar-refractivity contribution in [3.8, 4) is 0 Å². The Bertz CT molecular complexity index is 218. The molecule has 1 aromatic rings. The predicted molar refractivity (Wildman–Crippen MR) is 40.9 cm³/mol. The molecule has 0 bridgehead atoms. The lowest BCUT2D eigenvalue weighted by Crippen LogP contribution is -1.85. The highest BCUT2D eigenvalue weighted by Crippen LogP contribution is 2.00. The van der Waals surface area contributed by atoms with Crippen LogP contribution in [0.1, 0.15) is 5.56 Å². The minimum Gasteiger partial charge on any atom is -0.226 e. The predicted octanol–water partition coefficient (Wildman–Crippen LogP) is 1.86. The van der Waals surface area contributed by atoms with Crippen LogP contribution in [0.25, 0.3) is 0 Å². The minimum atomic E-state index is 0.285. The van der Waals surface area contributed by atoms with E-state index >= 15 is 0 Å². The van der Waals surface area contributed by atoms with Crippen molar-refractivity contribution in [2.24, 2.45) is 0 Å². The SMILES string of the molecule is C=CCc1cnc(Cl)nc1. The standard InChI is InChI=1S/C7H7ClN2/c1-2-3-6-4-9-7(8)10-5-6/h2,4-5H,1,3H2. The summed E-state index contributed by atoms with van der Waals surface area (Å²) in [4.78, 5) is 7.61. The smallest absolute Gasteiger partial charge is 0.222 e. The maximum absolute atomic E-state index is 5.46. The first kappa shape index (κ1) is 7.22. The van der Waals surface area contributed by atoms with Gasteiger partial charge in [0.2, 0.25) is 5.28 Å². The van der Waals surface area contributed by atoms with E-state index in [0.29, 0.717) is 0 Å². The third-order valence-corrected chi connectivity index (χ3v) is 1.25. The molecular weight excluding hydrogens is 148 g/mol. The van der Waals surface area contributed by atoms with Crippen LogP contribution in [0.15, 0.2) is 25.0 Å². The maximum Gasteiger partial charge on any atom is 0.222 e. The number of aromatic nitrogens is 2. The first-order valence-corrected chi connectivity index (χ1v) is 3.28. The summed E-state index contributed by atoms with van der Waals surface area (Å²) in [5.74, 6) is 0. The molecule has 0 atom stereocenters. The second kappa shape index (κ2) is 3.32. The lowest BCUT2D eigenvalue weighted by molar-refractivity contribution is 1.09. The summed E-state index contributed by atoms with van der Waals surface area (Å²) < 4.78 is 0. The van der Waals surface area contributed by atoms with E-state index in [0.717, 1.165) is 12.0 Å². The lowest BCUT2D eigenvalue weighted by Gasteiger charge is -1.92. The van der Waals surface area contributed by atoms with Crippen LogP contribution < -0.4 is 0 Å². The fourth-order valence-electron chi connectivity index (χ4n) is 0.611. The summed E-state index contributed by atoms with van der Waals surface area (Å²) in [6.45, 7) is 3.59. The van der Waals surface area contributed by atoms with Gasteiger partial charge in [0.05, 0.1) is 0 Å². The Morgan fingerprint density at radius 2 is 2.10 bits per heavy atom. The van der Waals surface area contributed by atoms with Crippen molar-refractivity contribution in [3.05, 3.63) is 35.9 Å². The van der Waals surface area contributed by atoms with Gasteiger partial charge in [-0.3, -0.25) is 0 Å².